The van der Waals surface area contributed by atoms with E-state index >= 15 is 0 Å². The molecule has 0 rings (SSSR count). The molecule has 0 fully saturated rings. The van der Waals surface area contributed by atoms with Crippen LogP contribution in [0.25, 0.3) is 0 Å². The topological polar surface area (TPSA) is 155 Å². The Hall–Kier alpha value is -4.38. The van der Waals surface area contributed by atoms with Crippen LogP contribution in [0.1, 0.15) is 226 Å². The van der Waals surface area contributed by atoms with Crippen molar-refractivity contribution in [1.29, 1.82) is 0 Å². The average molecular weight is 1110 g/mol. The van der Waals surface area contributed by atoms with Crippen LogP contribution in [0.4, 0.5) is 0 Å². The molecule has 0 aliphatic rings. The van der Waals surface area contributed by atoms with Crippen molar-refractivity contribution in [2.45, 2.75) is 238 Å². The van der Waals surface area contributed by atoms with E-state index in [1.54, 1.807) is 6.08 Å². The first-order valence-electron chi connectivity index (χ1n) is 30.1. The molecule has 3 unspecified atom stereocenters. The number of ether oxygens (including phenoxy) is 3. The van der Waals surface area contributed by atoms with Crippen LogP contribution in [0.2, 0.25) is 0 Å². The highest BCUT2D eigenvalue weighted by Gasteiger charge is 2.28. The SMILES string of the molecule is CC/C=C\C/C=C\C/C=C\C/C=C\C/C=C\C/C=C\CCC(=O)OCC(COP(=O)(O)OCC(CO)OC(=O)C/C=C\C/C=C\C/C=C\C/C=C\C/C=C\CC)OC(=O)CCCCCCCCCCCCCCCCCCC. The van der Waals surface area contributed by atoms with Gasteiger partial charge in [-0.2, -0.15) is 0 Å². The first kappa shape index (κ1) is 73.6. The lowest BCUT2D eigenvalue weighted by atomic mass is 10.0. The molecule has 0 aromatic carbocycles. The van der Waals surface area contributed by atoms with Crippen molar-refractivity contribution < 1.29 is 52.2 Å². The Labute approximate surface area is 474 Å². The second-order valence-electron chi connectivity index (χ2n) is 19.4. The number of esters is 3. The Kier molecular flexibility index (Phi) is 55.5. The van der Waals surface area contributed by atoms with E-state index in [2.05, 4.69) is 118 Å². The molecule has 0 bridgehead atoms. The van der Waals surface area contributed by atoms with Crippen molar-refractivity contribution in [1.82, 2.24) is 0 Å². The number of aliphatic hydroxyl groups is 1. The van der Waals surface area contributed by atoms with Crippen LogP contribution < -0.4 is 0 Å². The van der Waals surface area contributed by atoms with Crippen molar-refractivity contribution in [2.24, 2.45) is 0 Å². The average Bonchev–Trinajstić information content (AvgIpc) is 3.43. The molecule has 0 heterocycles. The zero-order chi connectivity index (χ0) is 56.9. The van der Waals surface area contributed by atoms with Gasteiger partial charge in [0.05, 0.1) is 26.2 Å². The number of rotatable bonds is 54. The van der Waals surface area contributed by atoms with Crippen molar-refractivity contribution in [3.05, 3.63) is 134 Å². The number of allylic oxidation sites excluding steroid dienone is 21. The van der Waals surface area contributed by atoms with E-state index < -0.39 is 57.8 Å². The fourth-order valence-corrected chi connectivity index (χ4v) is 8.42. The number of phosphoric ester groups is 1. The first-order valence-corrected chi connectivity index (χ1v) is 31.6. The Morgan fingerprint density at radius 1 is 0.385 bits per heavy atom. The highest BCUT2D eigenvalue weighted by atomic mass is 31.2. The molecular formula is C66H107O11P. The molecule has 0 amide bonds. The third-order valence-electron chi connectivity index (χ3n) is 12.1. The summed E-state index contributed by atoms with van der Waals surface area (Å²) in [7, 11) is -4.80. The van der Waals surface area contributed by atoms with Crippen molar-refractivity contribution >= 4 is 25.7 Å². The summed E-state index contributed by atoms with van der Waals surface area (Å²) in [6.45, 7) is 4.23. The number of aliphatic hydroxyl groups excluding tert-OH is 1. The Morgan fingerprint density at radius 2 is 0.718 bits per heavy atom. The normalized spacial score (nSPS) is 14.3. The highest BCUT2D eigenvalue weighted by Crippen LogP contribution is 2.43. The lowest BCUT2D eigenvalue weighted by Crippen LogP contribution is -2.30. The van der Waals surface area contributed by atoms with Gasteiger partial charge in [0.15, 0.2) is 6.10 Å². The van der Waals surface area contributed by atoms with Gasteiger partial charge in [-0.05, 0) is 83.5 Å². The van der Waals surface area contributed by atoms with E-state index in [1.165, 1.54) is 83.5 Å². The second-order valence-corrected chi connectivity index (χ2v) is 20.9. The number of unbranched alkanes of at least 4 members (excludes halogenated alkanes) is 16. The third kappa shape index (κ3) is 56.3. The van der Waals surface area contributed by atoms with Gasteiger partial charge >= 0.3 is 25.7 Å². The summed E-state index contributed by atoms with van der Waals surface area (Å²) >= 11 is 0. The summed E-state index contributed by atoms with van der Waals surface area (Å²) in [5.74, 6) is -1.71. The minimum Gasteiger partial charge on any atom is -0.462 e. The largest absolute Gasteiger partial charge is 0.472 e. The lowest BCUT2D eigenvalue weighted by molar-refractivity contribution is -0.161. The molecule has 0 spiro atoms. The summed E-state index contributed by atoms with van der Waals surface area (Å²) in [6.07, 6.45) is 74.5. The molecule has 12 heteroatoms. The summed E-state index contributed by atoms with van der Waals surface area (Å²) in [6, 6.07) is 0. The molecule has 0 radical (unpaired) electrons. The van der Waals surface area contributed by atoms with Gasteiger partial charge in [-0.15, -0.1) is 0 Å². The highest BCUT2D eigenvalue weighted by molar-refractivity contribution is 7.47. The predicted molar refractivity (Wildman–Crippen MR) is 325 cm³/mol. The van der Waals surface area contributed by atoms with Crippen LogP contribution in [0.3, 0.4) is 0 Å². The molecule has 0 aromatic rings. The van der Waals surface area contributed by atoms with Crippen LogP contribution in [0, 0.1) is 0 Å². The van der Waals surface area contributed by atoms with Gasteiger partial charge < -0.3 is 24.2 Å². The molecule has 78 heavy (non-hydrogen) atoms. The van der Waals surface area contributed by atoms with Crippen LogP contribution in [-0.4, -0.2) is 66.5 Å². The number of hydrogen-bond acceptors (Lipinski definition) is 10. The van der Waals surface area contributed by atoms with Crippen molar-refractivity contribution in [2.75, 3.05) is 26.4 Å². The van der Waals surface area contributed by atoms with Crippen molar-refractivity contribution in [3.8, 4) is 0 Å². The van der Waals surface area contributed by atoms with E-state index in [0.29, 0.717) is 19.3 Å². The Balaban J connectivity index is 4.90. The van der Waals surface area contributed by atoms with Crippen LogP contribution in [-0.2, 0) is 42.2 Å². The van der Waals surface area contributed by atoms with Crippen LogP contribution in [0.15, 0.2) is 134 Å². The van der Waals surface area contributed by atoms with E-state index in [0.717, 1.165) is 83.5 Å². The van der Waals surface area contributed by atoms with Crippen LogP contribution in [0.5, 0.6) is 0 Å². The number of hydrogen-bond donors (Lipinski definition) is 2. The van der Waals surface area contributed by atoms with E-state index in [-0.39, 0.29) is 25.9 Å². The zero-order valence-corrected chi connectivity index (χ0v) is 49.7. The molecule has 0 aliphatic carbocycles. The number of carbonyl (C=O) groups excluding carboxylic acids is 3. The summed E-state index contributed by atoms with van der Waals surface area (Å²) < 4.78 is 39.4. The fraction of sp³-hybridized carbons (Fsp3) is 0.621. The maximum Gasteiger partial charge on any atom is 0.472 e. The van der Waals surface area contributed by atoms with E-state index in [4.69, 9.17) is 23.3 Å². The fourth-order valence-electron chi connectivity index (χ4n) is 7.63. The first-order chi connectivity index (χ1) is 38.2. The minimum atomic E-state index is -4.80. The molecule has 0 aliphatic heterocycles. The molecule has 442 valence electrons. The quantitative estimate of drug-likeness (QED) is 0.0197. The summed E-state index contributed by atoms with van der Waals surface area (Å²) in [5.41, 5.74) is 0. The summed E-state index contributed by atoms with van der Waals surface area (Å²) in [5, 5.41) is 9.80. The number of phosphoric acid groups is 1. The molecule has 11 nitrogen and oxygen atoms in total. The lowest BCUT2D eigenvalue weighted by Gasteiger charge is -2.21. The van der Waals surface area contributed by atoms with Gasteiger partial charge in [-0.3, -0.25) is 23.4 Å². The van der Waals surface area contributed by atoms with Crippen molar-refractivity contribution in [3.63, 3.8) is 0 Å². The maximum absolute atomic E-state index is 12.9. The van der Waals surface area contributed by atoms with Crippen LogP contribution >= 0.6 is 7.82 Å². The minimum absolute atomic E-state index is 0.0655. The van der Waals surface area contributed by atoms with Gasteiger partial charge in [-0.25, -0.2) is 4.57 Å². The molecule has 0 aromatic heterocycles. The molecule has 2 N–H and O–H groups in total. The second kappa shape index (κ2) is 58.8. The van der Waals surface area contributed by atoms with Gasteiger partial charge in [0.1, 0.15) is 12.7 Å². The van der Waals surface area contributed by atoms with Gasteiger partial charge in [0.25, 0.3) is 0 Å². The van der Waals surface area contributed by atoms with E-state index in [9.17, 15) is 28.9 Å². The molecule has 3 atom stereocenters. The van der Waals surface area contributed by atoms with Gasteiger partial charge in [-0.1, -0.05) is 257 Å². The third-order valence-corrected chi connectivity index (χ3v) is 13.1. The zero-order valence-electron chi connectivity index (χ0n) is 48.8. The Bertz CT molecular complexity index is 1820. The van der Waals surface area contributed by atoms with Gasteiger partial charge in [0.2, 0.25) is 0 Å². The smallest absolute Gasteiger partial charge is 0.462 e. The molecular weight excluding hydrogens is 1000 g/mol. The molecule has 0 saturated heterocycles. The summed E-state index contributed by atoms with van der Waals surface area (Å²) in [4.78, 5) is 48.5. The maximum atomic E-state index is 12.9. The standard InChI is InChI=1S/C66H107O11P/c1-4-7-10-13-16-19-22-25-28-30-31-33-35-37-40-43-46-49-52-55-64(68)73-59-63(77-66(70)57-54-51-48-45-42-39-36-32-29-26-23-20-17-14-11-8-5-2)61-75-78(71,72)74-60-62(58-67)76-65(69)56-53-50-47-44-41-38-34-27-24-21-18-15-12-9-6-3/h7,9-10,12,16,18-19,21,25,27-28,31,33-34,37,40-41,44,46,49-50,53,62-63,67H,4-6,8,11,13-15,17,20,22-24,26,29-30,32,35-36,38-39,42-43,45,47-48,51-52,54-61H2,1-3H3,(H,71,72)/b10-7-,12-9-,19-16-,21-18-,28-25-,33-31-,34-27-,40-37-,44-41-,49-46-,53-50-. The van der Waals surface area contributed by atoms with Gasteiger partial charge in [0, 0.05) is 12.8 Å². The monoisotopic (exact) mass is 1110 g/mol. The predicted octanol–water partition coefficient (Wildman–Crippen LogP) is 18.1. The number of carbonyl (C=O) groups is 3. The molecule has 0 saturated carbocycles. The van der Waals surface area contributed by atoms with E-state index in [1.807, 2.05) is 30.4 Å². The Morgan fingerprint density at radius 3 is 1.10 bits per heavy atom.